The first-order valence-electron chi connectivity index (χ1n) is 12.4. The van der Waals surface area contributed by atoms with Gasteiger partial charge in [0.05, 0.1) is 29.9 Å². The van der Waals surface area contributed by atoms with Crippen LogP contribution in [-0.2, 0) is 24.8 Å². The summed E-state index contributed by atoms with van der Waals surface area (Å²) < 4.78 is 28.5. The van der Waals surface area contributed by atoms with Crippen molar-refractivity contribution in [1.29, 1.82) is 0 Å². The number of halogens is 2. The van der Waals surface area contributed by atoms with Crippen molar-refractivity contribution in [2.45, 2.75) is 45.4 Å². The van der Waals surface area contributed by atoms with Gasteiger partial charge in [0.25, 0.3) is 11.8 Å². The zero-order valence-corrected chi connectivity index (χ0v) is 22.7. The molecule has 0 saturated carbocycles. The lowest BCUT2D eigenvalue weighted by Gasteiger charge is -2.40. The smallest absolute Gasteiger partial charge is 0.410 e. The van der Waals surface area contributed by atoms with Gasteiger partial charge < -0.3 is 9.47 Å². The number of carbonyl (C=O) groups is 3. The largest absolute Gasteiger partial charge is 0.484 e. The van der Waals surface area contributed by atoms with E-state index in [0.29, 0.717) is 11.3 Å². The molecular weight excluding hydrogens is 529 g/mol. The lowest BCUT2D eigenvalue weighted by atomic mass is 9.91. The Labute approximate surface area is 229 Å². The first kappa shape index (κ1) is 26.6. The predicted molar refractivity (Wildman–Crippen MR) is 138 cm³/mol. The topological polar surface area (TPSA) is 107 Å². The average molecular weight is 556 g/mol. The quantitative estimate of drug-likeness (QED) is 0.432. The minimum Gasteiger partial charge on any atom is -0.484 e. The number of hydrogen-bond donors (Lipinski definition) is 0. The number of imide groups is 1. The van der Waals surface area contributed by atoms with Crippen molar-refractivity contribution < 1.29 is 28.2 Å². The Morgan fingerprint density at radius 2 is 1.85 bits per heavy atom. The summed E-state index contributed by atoms with van der Waals surface area (Å²) in [4.78, 5) is 42.3. The standard InChI is InChI=1S/C27H27ClFN5O5/c1-27(2,3)39-26(37)33-10-9-18-19(28)11-20(29)23(38-14-15-12-32(4)31-30-15)22(18)21(33)13-34-24(35)16-7-5-6-8-17(16)25(34)36/h5-8,11-12,21H,9-10,13-14H2,1-4H3/t21-/m1/s1. The Bertz CT molecular complexity index is 1450. The molecule has 3 amide bonds. The third kappa shape index (κ3) is 5.06. The molecule has 5 rings (SSSR count). The molecule has 3 aromatic rings. The second-order valence-corrected chi connectivity index (χ2v) is 10.8. The molecule has 204 valence electrons. The number of aryl methyl sites for hydroxylation is 1. The van der Waals surface area contributed by atoms with E-state index in [1.165, 1.54) is 9.58 Å². The molecule has 0 aliphatic carbocycles. The van der Waals surface area contributed by atoms with Gasteiger partial charge in [-0.3, -0.25) is 24.1 Å². The second kappa shape index (κ2) is 9.96. The van der Waals surface area contributed by atoms with Crippen molar-refractivity contribution >= 4 is 29.5 Å². The van der Waals surface area contributed by atoms with Crippen molar-refractivity contribution in [2.24, 2.45) is 7.05 Å². The van der Waals surface area contributed by atoms with Gasteiger partial charge in [0, 0.05) is 24.2 Å². The Balaban J connectivity index is 1.58. The summed E-state index contributed by atoms with van der Waals surface area (Å²) in [5.41, 5.74) is 1.00. The van der Waals surface area contributed by atoms with Gasteiger partial charge in [0.15, 0.2) is 11.6 Å². The van der Waals surface area contributed by atoms with Crippen LogP contribution in [-0.4, -0.2) is 61.4 Å². The molecule has 12 heteroatoms. The second-order valence-electron chi connectivity index (χ2n) is 10.4. The lowest BCUT2D eigenvalue weighted by Crippen LogP contribution is -2.48. The molecule has 0 radical (unpaired) electrons. The van der Waals surface area contributed by atoms with Gasteiger partial charge in [-0.2, -0.15) is 0 Å². The zero-order valence-electron chi connectivity index (χ0n) is 21.9. The van der Waals surface area contributed by atoms with Crippen LogP contribution < -0.4 is 4.74 Å². The molecule has 39 heavy (non-hydrogen) atoms. The summed E-state index contributed by atoms with van der Waals surface area (Å²) in [5.74, 6) is -1.90. The third-order valence-corrected chi connectivity index (χ3v) is 6.85. The van der Waals surface area contributed by atoms with Crippen LogP contribution >= 0.6 is 11.6 Å². The molecular formula is C27H27ClFN5O5. The van der Waals surface area contributed by atoms with E-state index in [1.807, 2.05) is 0 Å². The molecule has 0 N–H and O–H groups in total. The van der Waals surface area contributed by atoms with Crippen molar-refractivity contribution in [3.05, 3.63) is 75.3 Å². The van der Waals surface area contributed by atoms with Crippen LogP contribution in [0.15, 0.2) is 36.5 Å². The Morgan fingerprint density at radius 1 is 1.18 bits per heavy atom. The van der Waals surface area contributed by atoms with Crippen molar-refractivity contribution in [3.63, 3.8) is 0 Å². The van der Waals surface area contributed by atoms with Gasteiger partial charge in [-0.05, 0) is 51.0 Å². The zero-order chi connectivity index (χ0) is 28.1. The number of carbonyl (C=O) groups excluding carboxylic acids is 3. The van der Waals surface area contributed by atoms with E-state index in [0.717, 1.165) is 11.0 Å². The van der Waals surface area contributed by atoms with E-state index in [1.54, 1.807) is 58.3 Å². The molecule has 2 aliphatic rings. The van der Waals surface area contributed by atoms with E-state index >= 15 is 4.39 Å². The van der Waals surface area contributed by atoms with Crippen molar-refractivity contribution in [3.8, 4) is 5.75 Å². The molecule has 0 saturated heterocycles. The van der Waals surface area contributed by atoms with Crippen LogP contribution in [0, 0.1) is 5.82 Å². The third-order valence-electron chi connectivity index (χ3n) is 6.52. The van der Waals surface area contributed by atoms with Gasteiger partial charge in [-0.1, -0.05) is 28.9 Å². The summed E-state index contributed by atoms with van der Waals surface area (Å²) in [7, 11) is 1.69. The fraction of sp³-hybridized carbons (Fsp3) is 0.370. The highest BCUT2D eigenvalue weighted by molar-refractivity contribution is 6.31. The van der Waals surface area contributed by atoms with E-state index in [-0.39, 0.29) is 53.6 Å². The summed E-state index contributed by atoms with van der Waals surface area (Å²) in [6, 6.07) is 6.66. The number of aromatic nitrogens is 3. The van der Waals surface area contributed by atoms with Gasteiger partial charge in [-0.25, -0.2) is 9.18 Å². The van der Waals surface area contributed by atoms with E-state index in [2.05, 4.69) is 10.3 Å². The highest BCUT2D eigenvalue weighted by atomic mass is 35.5. The number of hydrogen-bond acceptors (Lipinski definition) is 7. The Kier molecular flexibility index (Phi) is 6.79. The maximum absolute atomic E-state index is 15.5. The van der Waals surface area contributed by atoms with E-state index in [4.69, 9.17) is 21.1 Å². The van der Waals surface area contributed by atoms with Gasteiger partial charge >= 0.3 is 6.09 Å². The summed E-state index contributed by atoms with van der Waals surface area (Å²) >= 11 is 6.48. The van der Waals surface area contributed by atoms with Crippen LogP contribution in [0.4, 0.5) is 9.18 Å². The van der Waals surface area contributed by atoms with Gasteiger partial charge in [0.2, 0.25) is 0 Å². The molecule has 2 aliphatic heterocycles. The van der Waals surface area contributed by atoms with Crippen molar-refractivity contribution in [2.75, 3.05) is 13.1 Å². The number of benzene rings is 2. The minimum atomic E-state index is -0.990. The number of fused-ring (bicyclic) bond motifs is 2. The highest BCUT2D eigenvalue weighted by Gasteiger charge is 2.43. The Hall–Kier alpha value is -3.99. The molecule has 3 heterocycles. The number of amides is 3. The molecule has 1 atom stereocenters. The minimum absolute atomic E-state index is 0.106. The normalized spacial score (nSPS) is 16.8. The van der Waals surface area contributed by atoms with Crippen LogP contribution in [0.2, 0.25) is 5.02 Å². The van der Waals surface area contributed by atoms with Crippen LogP contribution in [0.25, 0.3) is 0 Å². The number of ether oxygens (including phenoxy) is 2. The molecule has 10 nitrogen and oxygen atoms in total. The number of rotatable bonds is 5. The summed E-state index contributed by atoms with van der Waals surface area (Å²) in [5, 5.41) is 8.00. The average Bonchev–Trinajstić information content (AvgIpc) is 3.39. The van der Waals surface area contributed by atoms with Gasteiger partial charge in [-0.15, -0.1) is 5.10 Å². The molecule has 0 fully saturated rings. The van der Waals surface area contributed by atoms with Crippen LogP contribution in [0.3, 0.4) is 0 Å². The molecule has 0 bridgehead atoms. The SMILES string of the molecule is Cn1cc(COc2c(F)cc(Cl)c3c2[C@@H](CN2C(=O)c4ccccc4C2=O)N(C(=O)OC(C)(C)C)CC3)nn1. The summed E-state index contributed by atoms with van der Waals surface area (Å²) in [6.07, 6.45) is 1.24. The highest BCUT2D eigenvalue weighted by Crippen LogP contribution is 2.43. The maximum atomic E-state index is 15.5. The lowest BCUT2D eigenvalue weighted by molar-refractivity contribution is 0.00941. The molecule has 1 aromatic heterocycles. The molecule has 0 spiro atoms. The van der Waals surface area contributed by atoms with Crippen LogP contribution in [0.1, 0.15) is 64.3 Å². The van der Waals surface area contributed by atoms with Crippen molar-refractivity contribution in [1.82, 2.24) is 24.8 Å². The molecule has 0 unspecified atom stereocenters. The van der Waals surface area contributed by atoms with E-state index < -0.39 is 35.4 Å². The number of nitrogens with zero attached hydrogens (tertiary/aromatic N) is 5. The Morgan fingerprint density at radius 3 is 2.44 bits per heavy atom. The monoisotopic (exact) mass is 555 g/mol. The van der Waals surface area contributed by atoms with Gasteiger partial charge in [0.1, 0.15) is 17.9 Å². The fourth-order valence-corrected chi connectivity index (χ4v) is 5.16. The predicted octanol–water partition coefficient (Wildman–Crippen LogP) is 4.32. The first-order chi connectivity index (χ1) is 18.4. The van der Waals surface area contributed by atoms with Crippen LogP contribution in [0.5, 0.6) is 5.75 Å². The van der Waals surface area contributed by atoms with E-state index in [9.17, 15) is 14.4 Å². The molecule has 2 aromatic carbocycles. The maximum Gasteiger partial charge on any atom is 0.410 e. The fourth-order valence-electron chi connectivity index (χ4n) is 4.87. The first-order valence-corrected chi connectivity index (χ1v) is 12.8. The summed E-state index contributed by atoms with van der Waals surface area (Å²) in [6.45, 7) is 5.01.